The Morgan fingerprint density at radius 2 is 2.05 bits per heavy atom. The number of carboxylic acids is 1. The SMILES string of the molecule is CCc1ccc(C(F)(F)CC2(CC(=O)O)CCCC2)s1. The first-order valence-electron chi connectivity index (χ1n) is 7.06. The van der Waals surface area contributed by atoms with Crippen LogP contribution in [0.25, 0.3) is 0 Å². The third-order valence-corrected chi connectivity index (χ3v) is 5.50. The molecule has 0 aromatic carbocycles. The number of rotatable bonds is 6. The zero-order chi connectivity index (χ0) is 14.8. The third kappa shape index (κ3) is 3.37. The van der Waals surface area contributed by atoms with Crippen LogP contribution in [0.15, 0.2) is 12.1 Å². The maximum Gasteiger partial charge on any atom is 0.303 e. The van der Waals surface area contributed by atoms with E-state index in [0.717, 1.165) is 35.5 Å². The molecule has 0 bridgehead atoms. The van der Waals surface area contributed by atoms with Crippen LogP contribution in [0.3, 0.4) is 0 Å². The summed E-state index contributed by atoms with van der Waals surface area (Å²) in [4.78, 5) is 12.0. The van der Waals surface area contributed by atoms with Gasteiger partial charge in [0, 0.05) is 11.3 Å². The van der Waals surface area contributed by atoms with Gasteiger partial charge in [-0.15, -0.1) is 11.3 Å². The summed E-state index contributed by atoms with van der Waals surface area (Å²) < 4.78 is 28.9. The van der Waals surface area contributed by atoms with Crippen LogP contribution >= 0.6 is 11.3 Å². The topological polar surface area (TPSA) is 37.3 Å². The van der Waals surface area contributed by atoms with Crippen molar-refractivity contribution in [1.82, 2.24) is 0 Å². The Kier molecular flexibility index (Phi) is 4.47. The highest BCUT2D eigenvalue weighted by Crippen LogP contribution is 2.51. The van der Waals surface area contributed by atoms with E-state index in [2.05, 4.69) is 0 Å². The summed E-state index contributed by atoms with van der Waals surface area (Å²) in [5, 5.41) is 9.01. The van der Waals surface area contributed by atoms with E-state index >= 15 is 0 Å². The van der Waals surface area contributed by atoms with Crippen LogP contribution in [-0.2, 0) is 17.1 Å². The first kappa shape index (κ1) is 15.4. The number of hydrogen-bond donors (Lipinski definition) is 1. The lowest BCUT2D eigenvalue weighted by atomic mass is 9.77. The van der Waals surface area contributed by atoms with E-state index in [1.165, 1.54) is 6.07 Å². The number of halogens is 2. The smallest absolute Gasteiger partial charge is 0.303 e. The van der Waals surface area contributed by atoms with Gasteiger partial charge in [0.1, 0.15) is 0 Å². The molecule has 20 heavy (non-hydrogen) atoms. The Hall–Kier alpha value is -0.970. The lowest BCUT2D eigenvalue weighted by molar-refractivity contribution is -0.141. The molecule has 1 N–H and O–H groups in total. The number of aryl methyl sites for hydroxylation is 1. The molecule has 5 heteroatoms. The van der Waals surface area contributed by atoms with Gasteiger partial charge in [-0.1, -0.05) is 19.8 Å². The summed E-state index contributed by atoms with van der Waals surface area (Å²) in [5.74, 6) is -3.89. The molecule has 112 valence electrons. The van der Waals surface area contributed by atoms with Crippen LogP contribution in [0.5, 0.6) is 0 Å². The normalized spacial score (nSPS) is 18.4. The molecule has 1 aliphatic rings. The Morgan fingerprint density at radius 1 is 1.40 bits per heavy atom. The van der Waals surface area contributed by atoms with Crippen LogP contribution in [0.4, 0.5) is 8.78 Å². The van der Waals surface area contributed by atoms with Gasteiger partial charge in [0.15, 0.2) is 0 Å². The minimum Gasteiger partial charge on any atom is -0.481 e. The van der Waals surface area contributed by atoms with Crippen molar-refractivity contribution in [3.05, 3.63) is 21.9 Å². The lowest BCUT2D eigenvalue weighted by Gasteiger charge is -2.31. The van der Waals surface area contributed by atoms with Gasteiger partial charge < -0.3 is 5.11 Å². The molecule has 0 unspecified atom stereocenters. The number of hydrogen-bond acceptors (Lipinski definition) is 2. The summed E-state index contributed by atoms with van der Waals surface area (Å²) in [6, 6.07) is 3.24. The van der Waals surface area contributed by atoms with E-state index in [1.807, 2.05) is 6.92 Å². The third-order valence-electron chi connectivity index (χ3n) is 4.16. The fourth-order valence-corrected chi connectivity index (χ4v) is 4.10. The predicted molar refractivity (Wildman–Crippen MR) is 75.4 cm³/mol. The average Bonchev–Trinajstić information content (AvgIpc) is 2.96. The summed E-state index contributed by atoms with van der Waals surface area (Å²) in [7, 11) is 0. The molecule has 0 amide bonds. The highest BCUT2D eigenvalue weighted by molar-refractivity contribution is 7.12. The summed E-state index contributed by atoms with van der Waals surface area (Å²) >= 11 is 1.14. The minimum atomic E-state index is -2.92. The molecule has 1 aromatic heterocycles. The van der Waals surface area contributed by atoms with E-state index in [0.29, 0.717) is 12.8 Å². The van der Waals surface area contributed by atoms with Crippen LogP contribution < -0.4 is 0 Å². The number of aliphatic carboxylic acids is 1. The van der Waals surface area contributed by atoms with Crippen LogP contribution in [0.2, 0.25) is 0 Å². The van der Waals surface area contributed by atoms with Crippen molar-refractivity contribution in [2.24, 2.45) is 5.41 Å². The first-order chi connectivity index (χ1) is 9.37. The summed E-state index contributed by atoms with van der Waals surface area (Å²) in [6.07, 6.45) is 3.18. The van der Waals surface area contributed by atoms with Gasteiger partial charge in [-0.2, -0.15) is 0 Å². The zero-order valence-electron chi connectivity index (χ0n) is 11.6. The van der Waals surface area contributed by atoms with Crippen molar-refractivity contribution in [3.8, 4) is 0 Å². The van der Waals surface area contributed by atoms with E-state index in [4.69, 9.17) is 5.11 Å². The largest absolute Gasteiger partial charge is 0.481 e. The molecule has 1 saturated carbocycles. The second-order valence-electron chi connectivity index (χ2n) is 5.78. The molecule has 1 aliphatic carbocycles. The summed E-state index contributed by atoms with van der Waals surface area (Å²) in [6.45, 7) is 1.94. The van der Waals surface area contributed by atoms with Gasteiger partial charge >= 0.3 is 5.97 Å². The number of thiophene rings is 1. The standard InChI is InChI=1S/C15H20F2O2S/c1-2-11-5-6-12(20-11)15(16,17)10-14(9-13(18)19)7-3-4-8-14/h5-6H,2-4,7-10H2,1H3,(H,18,19). The average molecular weight is 302 g/mol. The molecule has 1 fully saturated rings. The maximum atomic E-state index is 14.5. The van der Waals surface area contributed by atoms with Gasteiger partial charge in [0.25, 0.3) is 5.92 Å². The number of carbonyl (C=O) groups is 1. The monoisotopic (exact) mass is 302 g/mol. The molecular formula is C15H20F2O2S. The van der Waals surface area contributed by atoms with Crippen molar-refractivity contribution in [3.63, 3.8) is 0 Å². The molecule has 1 aromatic rings. The summed E-state index contributed by atoms with van der Waals surface area (Å²) in [5.41, 5.74) is -0.730. The predicted octanol–water partition coefficient (Wildman–Crippen LogP) is 4.83. The molecule has 1 heterocycles. The lowest BCUT2D eigenvalue weighted by Crippen LogP contribution is -2.29. The van der Waals surface area contributed by atoms with Crippen molar-refractivity contribution < 1.29 is 18.7 Å². The fraction of sp³-hybridized carbons (Fsp3) is 0.667. The molecular weight excluding hydrogens is 282 g/mol. The Morgan fingerprint density at radius 3 is 2.55 bits per heavy atom. The van der Waals surface area contributed by atoms with Crippen LogP contribution in [-0.4, -0.2) is 11.1 Å². The molecule has 0 radical (unpaired) electrons. The van der Waals surface area contributed by atoms with Crippen molar-refractivity contribution in [1.29, 1.82) is 0 Å². The minimum absolute atomic E-state index is 0.0750. The van der Waals surface area contributed by atoms with E-state index in [1.54, 1.807) is 6.07 Å². The molecule has 0 aliphatic heterocycles. The molecule has 2 nitrogen and oxygen atoms in total. The van der Waals surface area contributed by atoms with Crippen molar-refractivity contribution in [2.75, 3.05) is 0 Å². The van der Waals surface area contributed by atoms with Gasteiger partial charge in [-0.25, -0.2) is 8.78 Å². The van der Waals surface area contributed by atoms with Gasteiger partial charge in [-0.3, -0.25) is 4.79 Å². The molecule has 0 spiro atoms. The van der Waals surface area contributed by atoms with Gasteiger partial charge in [-0.05, 0) is 36.8 Å². The quantitative estimate of drug-likeness (QED) is 0.817. The van der Waals surface area contributed by atoms with Crippen LogP contribution in [0.1, 0.15) is 55.2 Å². The number of alkyl halides is 2. The Balaban J connectivity index is 2.18. The van der Waals surface area contributed by atoms with Gasteiger partial charge in [0.05, 0.1) is 11.3 Å². The number of carboxylic acid groups (broad SMARTS) is 1. The van der Waals surface area contributed by atoms with E-state index in [9.17, 15) is 13.6 Å². The van der Waals surface area contributed by atoms with E-state index < -0.39 is 17.3 Å². The van der Waals surface area contributed by atoms with Crippen LogP contribution in [0, 0.1) is 5.41 Å². The van der Waals surface area contributed by atoms with E-state index in [-0.39, 0.29) is 17.7 Å². The fourth-order valence-electron chi connectivity index (χ4n) is 3.18. The van der Waals surface area contributed by atoms with Crippen molar-refractivity contribution >= 4 is 17.3 Å². The Labute approximate surface area is 121 Å². The maximum absolute atomic E-state index is 14.5. The van der Waals surface area contributed by atoms with Crippen molar-refractivity contribution in [2.45, 2.75) is 57.8 Å². The molecule has 0 saturated heterocycles. The highest BCUT2D eigenvalue weighted by Gasteiger charge is 2.46. The molecule has 0 atom stereocenters. The second-order valence-corrected chi connectivity index (χ2v) is 6.95. The highest BCUT2D eigenvalue weighted by atomic mass is 32.1. The molecule has 2 rings (SSSR count). The Bertz CT molecular complexity index is 476. The second kappa shape index (κ2) is 5.80. The zero-order valence-corrected chi connectivity index (χ0v) is 12.4. The van der Waals surface area contributed by atoms with Gasteiger partial charge in [0.2, 0.25) is 0 Å². The first-order valence-corrected chi connectivity index (χ1v) is 7.87.